The fourth-order valence-corrected chi connectivity index (χ4v) is 5.15. The summed E-state index contributed by atoms with van der Waals surface area (Å²) in [6.07, 6.45) is 6.03. The fourth-order valence-electron chi connectivity index (χ4n) is 5.15. The zero-order chi connectivity index (χ0) is 25.7. The summed E-state index contributed by atoms with van der Waals surface area (Å²) < 4.78 is 1.69. The number of rotatable bonds is 8. The van der Waals surface area contributed by atoms with Crippen molar-refractivity contribution in [1.29, 1.82) is 5.26 Å². The highest BCUT2D eigenvalue weighted by Crippen LogP contribution is 2.41. The van der Waals surface area contributed by atoms with Gasteiger partial charge in [-0.15, -0.1) is 0 Å². The Hall–Kier alpha value is -3.97. The largest absolute Gasteiger partial charge is 0.395 e. The van der Waals surface area contributed by atoms with E-state index in [1.807, 2.05) is 26.0 Å². The lowest BCUT2D eigenvalue weighted by molar-refractivity contribution is -0.133. The third kappa shape index (κ3) is 4.40. The van der Waals surface area contributed by atoms with Crippen LogP contribution in [0.3, 0.4) is 0 Å². The lowest BCUT2D eigenvalue weighted by atomic mass is 9.83. The molecule has 3 heterocycles. The van der Waals surface area contributed by atoms with Crippen molar-refractivity contribution in [2.75, 3.05) is 23.8 Å². The van der Waals surface area contributed by atoms with Gasteiger partial charge in [0.15, 0.2) is 0 Å². The second-order valence-corrected chi connectivity index (χ2v) is 10.6. The van der Waals surface area contributed by atoms with Crippen LogP contribution in [0.2, 0.25) is 0 Å². The summed E-state index contributed by atoms with van der Waals surface area (Å²) in [5.41, 5.74) is 3.93. The molecular weight excluding hydrogens is 468 g/mol. The molecule has 0 bridgehead atoms. The molecule has 0 radical (unpaired) electrons. The molecule has 1 atom stereocenters. The van der Waals surface area contributed by atoms with E-state index in [1.165, 1.54) is 0 Å². The predicted octanol–water partition coefficient (Wildman–Crippen LogP) is 3.09. The molecule has 2 saturated carbocycles. The quantitative estimate of drug-likeness (QED) is 0.432. The number of carbonyl (C=O) groups excluding carboxylic acids is 1. The van der Waals surface area contributed by atoms with Gasteiger partial charge in [0.1, 0.15) is 18.4 Å². The van der Waals surface area contributed by atoms with E-state index in [9.17, 15) is 15.2 Å². The van der Waals surface area contributed by atoms with Crippen molar-refractivity contribution in [2.24, 2.45) is 0 Å². The molecular formula is C27H30N8O2. The van der Waals surface area contributed by atoms with Crippen molar-refractivity contribution in [3.8, 4) is 17.3 Å². The Morgan fingerprint density at radius 1 is 1.30 bits per heavy atom. The van der Waals surface area contributed by atoms with E-state index in [0.717, 1.165) is 48.2 Å². The first kappa shape index (κ1) is 23.4. The Morgan fingerprint density at radius 3 is 2.73 bits per heavy atom. The van der Waals surface area contributed by atoms with E-state index in [1.54, 1.807) is 23.0 Å². The van der Waals surface area contributed by atoms with E-state index in [-0.39, 0.29) is 19.1 Å². The van der Waals surface area contributed by atoms with Crippen molar-refractivity contribution in [1.82, 2.24) is 24.6 Å². The first-order chi connectivity index (χ1) is 17.9. The summed E-state index contributed by atoms with van der Waals surface area (Å²) in [5.74, 6) is 1.13. The van der Waals surface area contributed by atoms with E-state index in [4.69, 9.17) is 4.98 Å². The molecule has 0 spiro atoms. The molecule has 0 unspecified atom stereocenters. The average Bonchev–Trinajstić information content (AvgIpc) is 3.83. The summed E-state index contributed by atoms with van der Waals surface area (Å²) in [4.78, 5) is 24.3. The molecule has 3 aromatic rings. The number of aliphatic hydroxyl groups excluding tert-OH is 1. The highest BCUT2D eigenvalue weighted by Gasteiger charge is 2.42. The van der Waals surface area contributed by atoms with Gasteiger partial charge in [0, 0.05) is 41.9 Å². The molecule has 6 rings (SSSR count). The topological polar surface area (TPSA) is 132 Å². The van der Waals surface area contributed by atoms with E-state index in [0.29, 0.717) is 41.7 Å². The average molecular weight is 499 g/mol. The number of hydrogen-bond donors (Lipinski definition) is 3. The van der Waals surface area contributed by atoms with E-state index >= 15 is 0 Å². The van der Waals surface area contributed by atoms with Gasteiger partial charge in [0.25, 0.3) is 0 Å². The Bertz CT molecular complexity index is 1410. The molecule has 1 amide bonds. The lowest BCUT2D eigenvalue weighted by Gasteiger charge is -2.22. The number of carbonyl (C=O) groups is 1. The van der Waals surface area contributed by atoms with Crippen molar-refractivity contribution in [3.63, 3.8) is 0 Å². The van der Waals surface area contributed by atoms with Gasteiger partial charge in [-0.2, -0.15) is 10.4 Å². The molecule has 1 aliphatic heterocycles. The SMILES string of the molecule is Cc1cc(Nc2nccc(-c3cc(C#N)c4c(c3)[C@@](C)(CO)CN4)n2)n(CC(=O)N(C2CC2)C2CC2)n1. The lowest BCUT2D eigenvalue weighted by Crippen LogP contribution is -2.37. The van der Waals surface area contributed by atoms with Crippen molar-refractivity contribution >= 4 is 23.4 Å². The highest BCUT2D eigenvalue weighted by molar-refractivity contribution is 5.78. The molecule has 1 aromatic carbocycles. The fraction of sp³-hybridized carbons (Fsp3) is 0.444. The molecule has 0 saturated heterocycles. The molecule has 2 aromatic heterocycles. The van der Waals surface area contributed by atoms with Gasteiger partial charge in [-0.25, -0.2) is 14.6 Å². The standard InChI is InChI=1S/C27H30N8O2/c1-16-9-23(34(33-16)13-24(37)35(19-3-4-19)20-5-6-20)32-26-29-8-7-22(31-26)17-10-18(12-28)25-21(11-17)27(2,15-36)14-30-25/h7-11,19-20,30,36H,3-6,13-15H2,1-2H3,(H,29,31,32)/t27-/m1/s1. The van der Waals surface area contributed by atoms with Crippen molar-refractivity contribution in [2.45, 2.75) is 63.6 Å². The molecule has 37 heavy (non-hydrogen) atoms. The van der Waals surface area contributed by atoms with Crippen molar-refractivity contribution in [3.05, 3.63) is 47.3 Å². The van der Waals surface area contributed by atoms with Crippen molar-refractivity contribution < 1.29 is 9.90 Å². The Morgan fingerprint density at radius 2 is 2.05 bits per heavy atom. The first-order valence-electron chi connectivity index (χ1n) is 12.8. The van der Waals surface area contributed by atoms with Crippen LogP contribution in [0.4, 0.5) is 17.5 Å². The number of benzene rings is 1. The number of nitrogens with zero attached hydrogens (tertiary/aromatic N) is 6. The Kier molecular flexibility index (Phi) is 5.60. The van der Waals surface area contributed by atoms with Gasteiger partial charge in [0.05, 0.1) is 29.2 Å². The predicted molar refractivity (Wildman–Crippen MR) is 138 cm³/mol. The zero-order valence-electron chi connectivity index (χ0n) is 21.0. The Labute approximate surface area is 215 Å². The number of amides is 1. The molecule has 3 aliphatic rings. The molecule has 10 nitrogen and oxygen atoms in total. The van der Waals surface area contributed by atoms with Gasteiger partial charge in [-0.1, -0.05) is 6.92 Å². The van der Waals surface area contributed by atoms with Gasteiger partial charge in [-0.3, -0.25) is 4.79 Å². The molecule has 2 fully saturated rings. The maximum absolute atomic E-state index is 13.1. The number of aromatic nitrogens is 4. The van der Waals surface area contributed by atoms with Crippen LogP contribution in [0, 0.1) is 18.3 Å². The minimum absolute atomic E-state index is 0.0289. The summed E-state index contributed by atoms with van der Waals surface area (Å²) >= 11 is 0. The number of nitriles is 1. The number of anilines is 3. The maximum atomic E-state index is 13.1. The number of nitrogens with one attached hydrogen (secondary N) is 2. The van der Waals surface area contributed by atoms with Crippen LogP contribution in [0.1, 0.15) is 49.4 Å². The van der Waals surface area contributed by atoms with Gasteiger partial charge in [-0.05, 0) is 56.4 Å². The maximum Gasteiger partial charge on any atom is 0.244 e. The second-order valence-electron chi connectivity index (χ2n) is 10.6. The third-order valence-electron chi connectivity index (χ3n) is 7.46. The summed E-state index contributed by atoms with van der Waals surface area (Å²) in [7, 11) is 0. The van der Waals surface area contributed by atoms with Crippen LogP contribution in [0.15, 0.2) is 30.5 Å². The van der Waals surface area contributed by atoms with Gasteiger partial charge in [0.2, 0.25) is 11.9 Å². The monoisotopic (exact) mass is 498 g/mol. The normalized spacial score (nSPS) is 20.2. The van der Waals surface area contributed by atoms with E-state index in [2.05, 4.69) is 31.7 Å². The zero-order valence-corrected chi connectivity index (χ0v) is 21.0. The van der Waals surface area contributed by atoms with E-state index < -0.39 is 5.41 Å². The van der Waals surface area contributed by atoms with Crippen LogP contribution in [0.5, 0.6) is 0 Å². The van der Waals surface area contributed by atoms with Crippen LogP contribution in [-0.4, -0.2) is 60.9 Å². The first-order valence-corrected chi connectivity index (χ1v) is 12.8. The highest BCUT2D eigenvalue weighted by atomic mass is 16.3. The van der Waals surface area contributed by atoms with Gasteiger partial charge < -0.3 is 20.6 Å². The number of aliphatic hydroxyl groups is 1. The van der Waals surface area contributed by atoms with Crippen LogP contribution < -0.4 is 10.6 Å². The Balaban J connectivity index is 1.27. The van der Waals surface area contributed by atoms with Crippen LogP contribution >= 0.6 is 0 Å². The second kappa shape index (κ2) is 8.85. The summed E-state index contributed by atoms with van der Waals surface area (Å²) in [6.45, 7) is 4.57. The number of hydrogen-bond acceptors (Lipinski definition) is 8. The summed E-state index contributed by atoms with van der Waals surface area (Å²) in [6, 6.07) is 10.5. The minimum atomic E-state index is -0.476. The van der Waals surface area contributed by atoms with Gasteiger partial charge >= 0.3 is 0 Å². The molecule has 10 heteroatoms. The summed E-state index contributed by atoms with van der Waals surface area (Å²) in [5, 5.41) is 30.8. The molecule has 3 N–H and O–H groups in total. The number of aryl methyl sites for hydroxylation is 1. The minimum Gasteiger partial charge on any atom is -0.395 e. The number of fused-ring (bicyclic) bond motifs is 1. The molecule has 190 valence electrons. The van der Waals surface area contributed by atoms with Crippen LogP contribution in [-0.2, 0) is 16.8 Å². The smallest absolute Gasteiger partial charge is 0.244 e. The molecule has 2 aliphatic carbocycles. The third-order valence-corrected chi connectivity index (χ3v) is 7.46. The van der Waals surface area contributed by atoms with Crippen LogP contribution in [0.25, 0.3) is 11.3 Å².